The van der Waals surface area contributed by atoms with Gasteiger partial charge in [-0.15, -0.1) is 0 Å². The number of carbonyl (C=O) groups excluding carboxylic acids is 1. The number of rotatable bonds is 10. The summed E-state index contributed by atoms with van der Waals surface area (Å²) < 4.78 is 38.5. The third-order valence-corrected chi connectivity index (χ3v) is 9.25. The van der Waals surface area contributed by atoms with Gasteiger partial charge in [0, 0.05) is 39.3 Å². The predicted molar refractivity (Wildman–Crippen MR) is 140 cm³/mol. The molecule has 3 aliphatic rings. The molecule has 0 aromatic heterocycles. The quantitative estimate of drug-likeness (QED) is 0.502. The number of amides is 1. The van der Waals surface area contributed by atoms with Crippen LogP contribution in [0.3, 0.4) is 0 Å². The molecule has 0 bridgehead atoms. The van der Waals surface area contributed by atoms with Crippen molar-refractivity contribution < 1.29 is 22.7 Å². The van der Waals surface area contributed by atoms with Crippen molar-refractivity contribution in [2.24, 2.45) is 11.8 Å². The van der Waals surface area contributed by atoms with E-state index in [2.05, 4.69) is 29.0 Å². The molecular weight excluding hydrogens is 480 g/mol. The Kier molecular flexibility index (Phi) is 9.49. The summed E-state index contributed by atoms with van der Waals surface area (Å²) in [5.41, 5.74) is 0.521. The van der Waals surface area contributed by atoms with Gasteiger partial charge in [-0.3, -0.25) is 4.79 Å². The van der Waals surface area contributed by atoms with Gasteiger partial charge in [0.25, 0.3) is 5.91 Å². The van der Waals surface area contributed by atoms with Gasteiger partial charge in [0.05, 0.1) is 11.3 Å². The van der Waals surface area contributed by atoms with Crippen molar-refractivity contribution in [3.63, 3.8) is 0 Å². The summed E-state index contributed by atoms with van der Waals surface area (Å²) in [5.74, 6) is 2.27. The molecule has 3 aliphatic heterocycles. The SMILES string of the molecule is CC(C)CN1CCN(S(=O)(=O)CCCN2CCC(CNC(=O)c3cccc4c3OCCO4)CC2)CC1. The highest BCUT2D eigenvalue weighted by atomic mass is 32.2. The number of sulfonamides is 1. The van der Waals surface area contributed by atoms with Gasteiger partial charge in [-0.25, -0.2) is 8.42 Å². The highest BCUT2D eigenvalue weighted by Gasteiger charge is 2.28. The van der Waals surface area contributed by atoms with Crippen LogP contribution in [0.2, 0.25) is 0 Å². The average molecular weight is 523 g/mol. The van der Waals surface area contributed by atoms with Crippen molar-refractivity contribution in [3.05, 3.63) is 23.8 Å². The molecular formula is C26H42N4O5S. The maximum Gasteiger partial charge on any atom is 0.255 e. The molecule has 3 heterocycles. The van der Waals surface area contributed by atoms with Gasteiger partial charge < -0.3 is 24.6 Å². The number of likely N-dealkylation sites (tertiary alicyclic amines) is 1. The maximum atomic E-state index is 12.8. The molecule has 36 heavy (non-hydrogen) atoms. The minimum absolute atomic E-state index is 0.130. The van der Waals surface area contributed by atoms with Crippen LogP contribution in [0, 0.1) is 11.8 Å². The lowest BCUT2D eigenvalue weighted by Crippen LogP contribution is -2.50. The second kappa shape index (κ2) is 12.6. The fourth-order valence-electron chi connectivity index (χ4n) is 5.31. The maximum absolute atomic E-state index is 12.8. The first-order chi connectivity index (χ1) is 17.3. The van der Waals surface area contributed by atoms with Crippen molar-refractivity contribution >= 4 is 15.9 Å². The molecule has 202 valence electrons. The fourth-order valence-corrected chi connectivity index (χ4v) is 6.78. The van der Waals surface area contributed by atoms with E-state index in [0.717, 1.165) is 52.1 Å². The highest BCUT2D eigenvalue weighted by molar-refractivity contribution is 7.89. The first-order valence-corrected chi connectivity index (χ1v) is 15.0. The van der Waals surface area contributed by atoms with Crippen molar-refractivity contribution in [1.29, 1.82) is 0 Å². The highest BCUT2D eigenvalue weighted by Crippen LogP contribution is 2.33. The zero-order valence-corrected chi connectivity index (χ0v) is 22.6. The van der Waals surface area contributed by atoms with Crippen LogP contribution >= 0.6 is 0 Å². The predicted octanol–water partition coefficient (Wildman–Crippen LogP) is 1.89. The van der Waals surface area contributed by atoms with Gasteiger partial charge >= 0.3 is 0 Å². The van der Waals surface area contributed by atoms with E-state index < -0.39 is 10.0 Å². The number of piperazine rings is 1. The molecule has 1 aromatic carbocycles. The van der Waals surface area contributed by atoms with Crippen LogP contribution in [0.4, 0.5) is 0 Å². The Bertz CT molecular complexity index is 971. The summed E-state index contributed by atoms with van der Waals surface area (Å²) in [7, 11) is -3.18. The first kappa shape index (κ1) is 27.2. The van der Waals surface area contributed by atoms with Crippen molar-refractivity contribution in [2.45, 2.75) is 33.1 Å². The number of ether oxygens (including phenoxy) is 2. The van der Waals surface area contributed by atoms with Gasteiger partial charge in [0.15, 0.2) is 11.5 Å². The molecule has 4 rings (SSSR count). The minimum atomic E-state index is -3.18. The second-order valence-corrected chi connectivity index (χ2v) is 12.7. The lowest BCUT2D eigenvalue weighted by molar-refractivity contribution is 0.0925. The molecule has 1 N–H and O–H groups in total. The van der Waals surface area contributed by atoms with Crippen LogP contribution in [0.15, 0.2) is 18.2 Å². The summed E-state index contributed by atoms with van der Waals surface area (Å²) >= 11 is 0. The summed E-state index contributed by atoms with van der Waals surface area (Å²) in [4.78, 5) is 17.4. The smallest absolute Gasteiger partial charge is 0.255 e. The molecule has 0 aliphatic carbocycles. The number of hydrogen-bond donors (Lipinski definition) is 1. The Hall–Kier alpha value is -1.88. The standard InChI is InChI=1S/C26H42N4O5S/c1-21(2)20-29-12-14-30(15-13-29)36(32,33)18-4-9-28-10-7-22(8-11-28)19-27-26(31)23-5-3-6-24-25(23)35-17-16-34-24/h3,5-6,21-22H,4,7-20H2,1-2H3,(H,27,31). The largest absolute Gasteiger partial charge is 0.486 e. The topological polar surface area (TPSA) is 91.4 Å². The van der Waals surface area contributed by atoms with E-state index in [4.69, 9.17) is 9.47 Å². The molecule has 0 radical (unpaired) electrons. The Labute approximate surface area is 216 Å². The number of para-hydroxylation sites is 1. The summed E-state index contributed by atoms with van der Waals surface area (Å²) in [6.45, 7) is 12.6. The number of carbonyl (C=O) groups is 1. The Morgan fingerprint density at radius 1 is 1.03 bits per heavy atom. The minimum Gasteiger partial charge on any atom is -0.486 e. The van der Waals surface area contributed by atoms with Crippen LogP contribution < -0.4 is 14.8 Å². The number of benzene rings is 1. The van der Waals surface area contributed by atoms with Crippen molar-refractivity contribution in [3.8, 4) is 11.5 Å². The van der Waals surface area contributed by atoms with Gasteiger partial charge in [-0.05, 0) is 62.9 Å². The molecule has 2 saturated heterocycles. The third-order valence-electron chi connectivity index (χ3n) is 7.29. The average Bonchev–Trinajstić information content (AvgIpc) is 2.87. The van der Waals surface area contributed by atoms with E-state index in [0.29, 0.717) is 68.2 Å². The molecule has 2 fully saturated rings. The normalized spacial score (nSPS) is 20.5. The van der Waals surface area contributed by atoms with Gasteiger partial charge in [0.2, 0.25) is 10.0 Å². The monoisotopic (exact) mass is 522 g/mol. The van der Waals surface area contributed by atoms with Crippen LogP contribution in [0.1, 0.15) is 43.5 Å². The lowest BCUT2D eigenvalue weighted by Gasteiger charge is -2.35. The lowest BCUT2D eigenvalue weighted by atomic mass is 9.96. The molecule has 1 aromatic rings. The molecule has 0 unspecified atom stereocenters. The fraction of sp³-hybridized carbons (Fsp3) is 0.731. The first-order valence-electron chi connectivity index (χ1n) is 13.4. The van der Waals surface area contributed by atoms with E-state index in [9.17, 15) is 13.2 Å². The molecule has 0 saturated carbocycles. The van der Waals surface area contributed by atoms with Crippen molar-refractivity contribution in [1.82, 2.24) is 19.4 Å². The molecule has 10 heteroatoms. The van der Waals surface area contributed by atoms with E-state index in [1.165, 1.54) is 0 Å². The number of fused-ring (bicyclic) bond motifs is 1. The molecule has 0 atom stereocenters. The third kappa shape index (κ3) is 7.34. The van der Waals surface area contributed by atoms with Crippen LogP contribution in [-0.4, -0.2) is 106 Å². The van der Waals surface area contributed by atoms with Crippen LogP contribution in [0.5, 0.6) is 11.5 Å². The zero-order valence-electron chi connectivity index (χ0n) is 21.8. The summed E-state index contributed by atoms with van der Waals surface area (Å²) in [6, 6.07) is 5.40. The number of hydrogen-bond acceptors (Lipinski definition) is 7. The van der Waals surface area contributed by atoms with Gasteiger partial charge in [0.1, 0.15) is 13.2 Å². The Morgan fingerprint density at radius 3 is 2.47 bits per heavy atom. The number of piperidine rings is 1. The van der Waals surface area contributed by atoms with Gasteiger partial charge in [-0.2, -0.15) is 4.31 Å². The van der Waals surface area contributed by atoms with Crippen LogP contribution in [-0.2, 0) is 10.0 Å². The second-order valence-electron chi connectivity index (χ2n) is 10.6. The van der Waals surface area contributed by atoms with E-state index in [1.54, 1.807) is 10.4 Å². The van der Waals surface area contributed by atoms with E-state index in [1.807, 2.05) is 12.1 Å². The Balaban J connectivity index is 1.13. The van der Waals surface area contributed by atoms with Crippen LogP contribution in [0.25, 0.3) is 0 Å². The number of nitrogens with zero attached hydrogens (tertiary/aromatic N) is 3. The molecule has 9 nitrogen and oxygen atoms in total. The summed E-state index contributed by atoms with van der Waals surface area (Å²) in [6.07, 6.45) is 2.66. The van der Waals surface area contributed by atoms with E-state index in [-0.39, 0.29) is 11.7 Å². The van der Waals surface area contributed by atoms with Crippen molar-refractivity contribution in [2.75, 3.05) is 77.9 Å². The Morgan fingerprint density at radius 2 is 1.75 bits per heavy atom. The number of nitrogens with one attached hydrogen (secondary N) is 1. The molecule has 0 spiro atoms. The summed E-state index contributed by atoms with van der Waals surface area (Å²) in [5, 5.41) is 3.07. The zero-order chi connectivity index (χ0) is 25.5. The van der Waals surface area contributed by atoms with Gasteiger partial charge in [-0.1, -0.05) is 19.9 Å². The van der Waals surface area contributed by atoms with E-state index >= 15 is 0 Å². The molecule has 1 amide bonds.